The molecule has 0 aliphatic heterocycles. The summed E-state index contributed by atoms with van der Waals surface area (Å²) in [7, 11) is 0. The zero-order valence-electron chi connectivity index (χ0n) is 11.4. The first-order valence-electron chi connectivity index (χ1n) is 6.50. The molecular formula is C17H12IN3. The molecule has 3 aromatic rings. The molecule has 4 heteroatoms. The fraction of sp³-hybridized carbons (Fsp3) is 0.0588. The van der Waals surface area contributed by atoms with Crippen LogP contribution in [0.2, 0.25) is 0 Å². The lowest BCUT2D eigenvalue weighted by molar-refractivity contribution is 1.27. The summed E-state index contributed by atoms with van der Waals surface area (Å²) in [5.41, 5.74) is 4.52. The molecule has 3 nitrogen and oxygen atoms in total. The van der Waals surface area contributed by atoms with Crippen LogP contribution in [0.15, 0.2) is 42.5 Å². The molecule has 0 spiro atoms. The van der Waals surface area contributed by atoms with E-state index in [9.17, 15) is 5.26 Å². The fourth-order valence-corrected chi connectivity index (χ4v) is 2.73. The smallest absolute Gasteiger partial charge is 0.149 e. The minimum absolute atomic E-state index is 0.533. The van der Waals surface area contributed by atoms with Crippen molar-refractivity contribution in [1.82, 2.24) is 9.97 Å². The molecule has 2 aromatic carbocycles. The summed E-state index contributed by atoms with van der Waals surface area (Å²) < 4.78 is 1.14. The lowest BCUT2D eigenvalue weighted by atomic mass is 10.1. The van der Waals surface area contributed by atoms with Gasteiger partial charge in [0.2, 0.25) is 0 Å². The largest absolute Gasteiger partial charge is 0.337 e. The van der Waals surface area contributed by atoms with Crippen LogP contribution >= 0.6 is 22.6 Å². The van der Waals surface area contributed by atoms with E-state index < -0.39 is 0 Å². The number of benzene rings is 2. The van der Waals surface area contributed by atoms with E-state index in [-0.39, 0.29) is 0 Å². The number of halogens is 1. The Kier molecular flexibility index (Phi) is 3.76. The van der Waals surface area contributed by atoms with Crippen LogP contribution in [-0.2, 0) is 0 Å². The van der Waals surface area contributed by atoms with Crippen LogP contribution in [0.25, 0.3) is 22.7 Å². The summed E-state index contributed by atoms with van der Waals surface area (Å²) in [6.45, 7) is 2.03. The minimum Gasteiger partial charge on any atom is -0.337 e. The number of hydrogen-bond donors (Lipinski definition) is 1. The molecule has 0 fully saturated rings. The molecule has 0 saturated carbocycles. The molecular weight excluding hydrogens is 373 g/mol. The highest BCUT2D eigenvalue weighted by Crippen LogP contribution is 2.20. The van der Waals surface area contributed by atoms with Gasteiger partial charge < -0.3 is 4.98 Å². The van der Waals surface area contributed by atoms with E-state index in [4.69, 9.17) is 0 Å². The number of H-pyrrole nitrogens is 1. The standard InChI is InChI=1S/C17H12IN3/c1-11-5-6-15-16(7-11)21-17(20-15)13(10-19)8-12-3-2-4-14(18)9-12/h2-9H,1H3,(H,20,21). The molecule has 3 rings (SSSR count). The molecule has 1 heterocycles. The second kappa shape index (κ2) is 5.70. The van der Waals surface area contributed by atoms with Gasteiger partial charge in [0.25, 0.3) is 0 Å². The van der Waals surface area contributed by atoms with Crippen molar-refractivity contribution in [3.05, 3.63) is 63.0 Å². The molecule has 0 unspecified atom stereocenters. The highest BCUT2D eigenvalue weighted by atomic mass is 127. The van der Waals surface area contributed by atoms with Gasteiger partial charge in [0, 0.05) is 3.57 Å². The maximum Gasteiger partial charge on any atom is 0.149 e. The van der Waals surface area contributed by atoms with Gasteiger partial charge in [-0.3, -0.25) is 0 Å². The first-order valence-corrected chi connectivity index (χ1v) is 7.58. The Morgan fingerprint density at radius 3 is 2.90 bits per heavy atom. The van der Waals surface area contributed by atoms with E-state index in [1.54, 1.807) is 0 Å². The number of hydrogen-bond acceptors (Lipinski definition) is 2. The summed E-state index contributed by atoms with van der Waals surface area (Å²) in [5.74, 6) is 0.608. The van der Waals surface area contributed by atoms with E-state index in [1.807, 2.05) is 55.5 Å². The fourth-order valence-electron chi connectivity index (χ4n) is 2.17. The van der Waals surface area contributed by atoms with Crippen LogP contribution in [0.5, 0.6) is 0 Å². The lowest BCUT2D eigenvalue weighted by Gasteiger charge is -1.96. The number of nitrogens with one attached hydrogen (secondary N) is 1. The first kappa shape index (κ1) is 13.8. The van der Waals surface area contributed by atoms with Gasteiger partial charge in [-0.25, -0.2) is 4.98 Å². The average Bonchev–Trinajstić information content (AvgIpc) is 2.87. The second-order valence-electron chi connectivity index (χ2n) is 4.83. The van der Waals surface area contributed by atoms with Crippen molar-refractivity contribution in [1.29, 1.82) is 5.26 Å². The molecule has 0 aliphatic rings. The zero-order chi connectivity index (χ0) is 14.8. The summed E-state index contributed by atoms with van der Waals surface area (Å²) in [6, 6.07) is 16.2. The van der Waals surface area contributed by atoms with E-state index in [0.717, 1.165) is 25.7 Å². The van der Waals surface area contributed by atoms with Crippen LogP contribution in [0.1, 0.15) is 17.0 Å². The van der Waals surface area contributed by atoms with Crippen molar-refractivity contribution < 1.29 is 0 Å². The van der Waals surface area contributed by atoms with Crippen LogP contribution in [0.3, 0.4) is 0 Å². The minimum atomic E-state index is 0.533. The average molecular weight is 385 g/mol. The third-order valence-corrected chi connectivity index (χ3v) is 3.84. The van der Waals surface area contributed by atoms with Crippen LogP contribution < -0.4 is 0 Å². The van der Waals surface area contributed by atoms with Gasteiger partial charge in [0.1, 0.15) is 11.9 Å². The quantitative estimate of drug-likeness (QED) is 0.520. The van der Waals surface area contributed by atoms with Gasteiger partial charge in [-0.2, -0.15) is 5.26 Å². The Hall–Kier alpha value is -2.13. The molecule has 0 saturated heterocycles. The van der Waals surface area contributed by atoms with Gasteiger partial charge in [-0.1, -0.05) is 18.2 Å². The van der Waals surface area contributed by atoms with Gasteiger partial charge in [-0.05, 0) is 71.0 Å². The maximum absolute atomic E-state index is 9.41. The Morgan fingerprint density at radius 1 is 1.29 bits per heavy atom. The van der Waals surface area contributed by atoms with Crippen LogP contribution in [0.4, 0.5) is 0 Å². The van der Waals surface area contributed by atoms with E-state index in [0.29, 0.717) is 11.4 Å². The molecule has 0 radical (unpaired) electrons. The van der Waals surface area contributed by atoms with Crippen LogP contribution in [0, 0.1) is 21.8 Å². The number of fused-ring (bicyclic) bond motifs is 1. The van der Waals surface area contributed by atoms with Crippen molar-refractivity contribution in [3.8, 4) is 6.07 Å². The Balaban J connectivity index is 2.08. The van der Waals surface area contributed by atoms with Crippen molar-refractivity contribution in [2.24, 2.45) is 0 Å². The number of aryl methyl sites for hydroxylation is 1. The number of nitriles is 1. The predicted octanol–water partition coefficient (Wildman–Crippen LogP) is 4.54. The zero-order valence-corrected chi connectivity index (χ0v) is 13.5. The highest BCUT2D eigenvalue weighted by Gasteiger charge is 2.08. The SMILES string of the molecule is Cc1ccc2nc(C(C#N)=Cc3cccc(I)c3)[nH]c2c1. The van der Waals surface area contributed by atoms with Gasteiger partial charge in [-0.15, -0.1) is 0 Å². The topological polar surface area (TPSA) is 52.5 Å². The second-order valence-corrected chi connectivity index (χ2v) is 6.08. The monoisotopic (exact) mass is 385 g/mol. The molecule has 0 amide bonds. The normalized spacial score (nSPS) is 11.6. The number of aromatic nitrogens is 2. The van der Waals surface area contributed by atoms with Crippen molar-refractivity contribution in [3.63, 3.8) is 0 Å². The molecule has 0 bridgehead atoms. The molecule has 0 atom stereocenters. The number of rotatable bonds is 2. The van der Waals surface area contributed by atoms with Crippen molar-refractivity contribution in [2.75, 3.05) is 0 Å². The van der Waals surface area contributed by atoms with Gasteiger partial charge in [0.15, 0.2) is 0 Å². The van der Waals surface area contributed by atoms with E-state index in [1.165, 1.54) is 0 Å². The predicted molar refractivity (Wildman–Crippen MR) is 93.5 cm³/mol. The number of imidazole rings is 1. The van der Waals surface area contributed by atoms with E-state index in [2.05, 4.69) is 38.6 Å². The van der Waals surface area contributed by atoms with Gasteiger partial charge >= 0.3 is 0 Å². The van der Waals surface area contributed by atoms with E-state index >= 15 is 0 Å². The summed E-state index contributed by atoms with van der Waals surface area (Å²) in [6.07, 6.45) is 1.85. The Labute approximate surface area is 136 Å². The van der Waals surface area contributed by atoms with Crippen molar-refractivity contribution >= 4 is 45.3 Å². The third-order valence-electron chi connectivity index (χ3n) is 3.17. The lowest BCUT2D eigenvalue weighted by Crippen LogP contribution is -1.85. The van der Waals surface area contributed by atoms with Crippen molar-refractivity contribution in [2.45, 2.75) is 6.92 Å². The third kappa shape index (κ3) is 2.98. The summed E-state index contributed by atoms with van der Waals surface area (Å²) in [5, 5.41) is 9.41. The molecule has 0 aliphatic carbocycles. The Bertz CT molecular complexity index is 884. The maximum atomic E-state index is 9.41. The van der Waals surface area contributed by atoms with Crippen LogP contribution in [-0.4, -0.2) is 9.97 Å². The van der Waals surface area contributed by atoms with Gasteiger partial charge in [0.05, 0.1) is 16.6 Å². The highest BCUT2D eigenvalue weighted by molar-refractivity contribution is 14.1. The number of allylic oxidation sites excluding steroid dienone is 1. The molecule has 21 heavy (non-hydrogen) atoms. The first-order chi connectivity index (χ1) is 10.2. The summed E-state index contributed by atoms with van der Waals surface area (Å²) in [4.78, 5) is 7.71. The number of nitrogens with zero attached hydrogens (tertiary/aromatic N) is 2. The molecule has 1 aromatic heterocycles. The summed E-state index contributed by atoms with van der Waals surface area (Å²) >= 11 is 2.26. The number of aromatic amines is 1. The molecule has 102 valence electrons. The Morgan fingerprint density at radius 2 is 2.14 bits per heavy atom. The molecule has 1 N–H and O–H groups in total.